The van der Waals surface area contributed by atoms with Crippen molar-refractivity contribution in [2.45, 2.75) is 57.8 Å². The number of fused-ring (bicyclic) bond motifs is 1. The third-order valence-corrected chi connectivity index (χ3v) is 6.49. The van der Waals surface area contributed by atoms with Gasteiger partial charge in [0, 0.05) is 36.6 Å². The predicted molar refractivity (Wildman–Crippen MR) is 133 cm³/mol. The Hall–Kier alpha value is -3.21. The molecule has 1 aromatic heterocycles. The second-order valence-electron chi connectivity index (χ2n) is 8.80. The Morgan fingerprint density at radius 1 is 0.909 bits per heavy atom. The normalized spacial score (nSPS) is 15.3. The van der Waals surface area contributed by atoms with E-state index in [9.17, 15) is 4.79 Å². The highest BCUT2D eigenvalue weighted by atomic mass is 16.4. The average Bonchev–Trinajstić information content (AvgIpc) is 2.86. The van der Waals surface area contributed by atoms with Gasteiger partial charge in [-0.25, -0.2) is 9.97 Å². The number of rotatable bonds is 10. The highest BCUT2D eigenvalue weighted by Crippen LogP contribution is 2.39. The average molecular weight is 444 g/mol. The fraction of sp³-hybridized carbons (Fsp3) is 0.393. The maximum atomic E-state index is 10.7. The number of carboxylic acids is 1. The van der Waals surface area contributed by atoms with E-state index in [1.54, 1.807) is 0 Å². The van der Waals surface area contributed by atoms with Gasteiger partial charge in [-0.2, -0.15) is 0 Å². The van der Waals surface area contributed by atoms with Gasteiger partial charge in [-0.15, -0.1) is 0 Å². The molecule has 2 heterocycles. The molecule has 3 aromatic rings. The Morgan fingerprint density at radius 3 is 2.12 bits per heavy atom. The number of aliphatic carboxylic acids is 1. The molecular formula is C28H33N3O2. The van der Waals surface area contributed by atoms with Gasteiger partial charge in [0.15, 0.2) is 5.82 Å². The van der Waals surface area contributed by atoms with Gasteiger partial charge in [0.05, 0.1) is 17.1 Å². The van der Waals surface area contributed by atoms with Gasteiger partial charge in [-0.05, 0) is 25.7 Å². The molecule has 33 heavy (non-hydrogen) atoms. The van der Waals surface area contributed by atoms with E-state index in [2.05, 4.69) is 60.4 Å². The number of benzene rings is 2. The Bertz CT molecular complexity index is 1050. The minimum absolute atomic E-state index is 0.263. The van der Waals surface area contributed by atoms with Crippen molar-refractivity contribution < 1.29 is 9.90 Å². The lowest BCUT2D eigenvalue weighted by molar-refractivity contribution is -0.137. The van der Waals surface area contributed by atoms with Gasteiger partial charge in [0.2, 0.25) is 0 Å². The number of aromatic nitrogens is 2. The Balaban J connectivity index is 1.65. The lowest BCUT2D eigenvalue weighted by Gasteiger charge is -2.34. The molecule has 0 spiro atoms. The van der Waals surface area contributed by atoms with Crippen LogP contribution in [0.25, 0.3) is 22.5 Å². The smallest absolute Gasteiger partial charge is 0.303 e. The molecule has 2 aromatic carbocycles. The summed E-state index contributed by atoms with van der Waals surface area (Å²) in [6, 6.07) is 20.7. The molecule has 0 radical (unpaired) electrons. The summed E-state index contributed by atoms with van der Waals surface area (Å²) >= 11 is 0. The zero-order valence-electron chi connectivity index (χ0n) is 19.4. The van der Waals surface area contributed by atoms with Crippen LogP contribution in [0.4, 0.5) is 5.82 Å². The summed E-state index contributed by atoms with van der Waals surface area (Å²) in [6.07, 6.45) is 6.20. The molecule has 0 aliphatic carbocycles. The van der Waals surface area contributed by atoms with Crippen molar-refractivity contribution in [3.63, 3.8) is 0 Å². The van der Waals surface area contributed by atoms with Crippen LogP contribution in [0.3, 0.4) is 0 Å². The Morgan fingerprint density at radius 2 is 1.52 bits per heavy atom. The van der Waals surface area contributed by atoms with E-state index in [0.29, 0.717) is 5.92 Å². The number of unbranched alkanes of at least 4 members (excludes halogenated alkanes) is 3. The van der Waals surface area contributed by atoms with E-state index in [-0.39, 0.29) is 6.42 Å². The summed E-state index contributed by atoms with van der Waals surface area (Å²) in [5.41, 5.74) is 5.18. The van der Waals surface area contributed by atoms with Crippen molar-refractivity contribution in [1.29, 1.82) is 0 Å². The first kappa shape index (κ1) is 23.0. The van der Waals surface area contributed by atoms with E-state index < -0.39 is 5.97 Å². The molecule has 1 unspecified atom stereocenters. The van der Waals surface area contributed by atoms with Crippen LogP contribution >= 0.6 is 0 Å². The van der Waals surface area contributed by atoms with E-state index in [4.69, 9.17) is 15.1 Å². The van der Waals surface area contributed by atoms with Gasteiger partial charge in [0.1, 0.15) is 0 Å². The number of anilines is 1. The molecule has 0 fully saturated rings. The maximum Gasteiger partial charge on any atom is 0.303 e. The van der Waals surface area contributed by atoms with Crippen LogP contribution in [0.5, 0.6) is 0 Å². The first-order valence-electron chi connectivity index (χ1n) is 12.2. The summed E-state index contributed by atoms with van der Waals surface area (Å²) in [7, 11) is 0. The zero-order valence-corrected chi connectivity index (χ0v) is 19.4. The molecule has 0 bridgehead atoms. The minimum Gasteiger partial charge on any atom is -0.481 e. The van der Waals surface area contributed by atoms with Crippen LogP contribution in [-0.4, -0.2) is 34.1 Å². The highest BCUT2D eigenvalue weighted by Gasteiger charge is 2.29. The van der Waals surface area contributed by atoms with E-state index in [1.807, 2.05) is 12.1 Å². The number of hydrogen-bond donors (Lipinski definition) is 1. The number of carbonyl (C=O) groups is 1. The molecular weight excluding hydrogens is 410 g/mol. The van der Waals surface area contributed by atoms with Crippen molar-refractivity contribution in [3.8, 4) is 22.5 Å². The number of carboxylic acid groups (broad SMARTS) is 1. The van der Waals surface area contributed by atoms with Gasteiger partial charge >= 0.3 is 5.97 Å². The van der Waals surface area contributed by atoms with Crippen LogP contribution in [0.2, 0.25) is 0 Å². The molecule has 4 rings (SSSR count). The first-order chi connectivity index (χ1) is 16.2. The lowest BCUT2D eigenvalue weighted by Crippen LogP contribution is -2.34. The standard InChI is InChI=1S/C28H33N3O2/c1-2-21-18-20-31(19-12-4-3-11-17-24(32)33)28-27(21)29-25(22-13-7-5-8-14-22)26(30-28)23-15-9-6-10-16-23/h5-10,13-16,21H,2-4,11-12,17-20H2,1H3,(H,32,33). The molecule has 0 saturated carbocycles. The molecule has 0 amide bonds. The monoisotopic (exact) mass is 443 g/mol. The van der Waals surface area contributed by atoms with Gasteiger partial charge in [0.25, 0.3) is 0 Å². The second-order valence-corrected chi connectivity index (χ2v) is 8.80. The first-order valence-corrected chi connectivity index (χ1v) is 12.2. The molecule has 1 N–H and O–H groups in total. The number of nitrogens with zero attached hydrogens (tertiary/aromatic N) is 3. The fourth-order valence-corrected chi connectivity index (χ4v) is 4.64. The maximum absolute atomic E-state index is 10.7. The summed E-state index contributed by atoms with van der Waals surface area (Å²) in [6.45, 7) is 4.17. The highest BCUT2D eigenvalue weighted by molar-refractivity contribution is 5.79. The quantitative estimate of drug-likeness (QED) is 0.360. The molecule has 172 valence electrons. The van der Waals surface area contributed by atoms with Crippen molar-refractivity contribution in [2.24, 2.45) is 0 Å². The van der Waals surface area contributed by atoms with Crippen molar-refractivity contribution >= 4 is 11.8 Å². The topological polar surface area (TPSA) is 66.3 Å². The van der Waals surface area contributed by atoms with Gasteiger partial charge < -0.3 is 10.0 Å². The van der Waals surface area contributed by atoms with E-state index in [1.165, 1.54) is 0 Å². The van der Waals surface area contributed by atoms with Crippen LogP contribution in [0, 0.1) is 0 Å². The molecule has 0 saturated heterocycles. The lowest BCUT2D eigenvalue weighted by atomic mass is 9.92. The molecule has 1 aliphatic rings. The third-order valence-electron chi connectivity index (χ3n) is 6.49. The SMILES string of the molecule is CCC1CCN(CCCCCCC(=O)O)c2nc(-c3ccccc3)c(-c3ccccc3)nc21. The minimum atomic E-state index is -0.705. The van der Waals surface area contributed by atoms with E-state index in [0.717, 1.165) is 85.6 Å². The van der Waals surface area contributed by atoms with Crippen LogP contribution < -0.4 is 4.90 Å². The zero-order chi connectivity index (χ0) is 23.0. The molecule has 5 nitrogen and oxygen atoms in total. The third kappa shape index (κ3) is 5.59. The van der Waals surface area contributed by atoms with Crippen molar-refractivity contribution in [2.75, 3.05) is 18.0 Å². The molecule has 1 atom stereocenters. The molecule has 5 heteroatoms. The summed E-state index contributed by atoms with van der Waals surface area (Å²) in [4.78, 5) is 23.7. The largest absolute Gasteiger partial charge is 0.481 e. The van der Waals surface area contributed by atoms with Crippen molar-refractivity contribution in [3.05, 3.63) is 66.4 Å². The van der Waals surface area contributed by atoms with Crippen LogP contribution in [0.1, 0.15) is 63.5 Å². The Labute approximate surface area is 196 Å². The summed E-state index contributed by atoms with van der Waals surface area (Å²) < 4.78 is 0. The van der Waals surface area contributed by atoms with Crippen molar-refractivity contribution in [1.82, 2.24) is 9.97 Å². The number of hydrogen-bond acceptors (Lipinski definition) is 4. The van der Waals surface area contributed by atoms with Crippen LogP contribution in [-0.2, 0) is 4.79 Å². The van der Waals surface area contributed by atoms with E-state index >= 15 is 0 Å². The predicted octanol–water partition coefficient (Wildman–Crippen LogP) is 6.55. The Kier molecular flexibility index (Phi) is 7.71. The van der Waals surface area contributed by atoms with Crippen LogP contribution in [0.15, 0.2) is 60.7 Å². The fourth-order valence-electron chi connectivity index (χ4n) is 4.64. The van der Waals surface area contributed by atoms with Gasteiger partial charge in [-0.1, -0.05) is 80.4 Å². The van der Waals surface area contributed by atoms with Gasteiger partial charge in [-0.3, -0.25) is 4.79 Å². The molecule has 1 aliphatic heterocycles. The summed E-state index contributed by atoms with van der Waals surface area (Å²) in [5, 5.41) is 8.83. The summed E-state index contributed by atoms with van der Waals surface area (Å²) in [5.74, 6) is 0.743. The second kappa shape index (κ2) is 11.1.